The van der Waals surface area contributed by atoms with Gasteiger partial charge in [-0.3, -0.25) is 4.79 Å². The van der Waals surface area contributed by atoms with Crippen molar-refractivity contribution in [2.75, 3.05) is 13.2 Å². The second kappa shape index (κ2) is 7.10. The van der Waals surface area contributed by atoms with Crippen molar-refractivity contribution in [2.45, 2.75) is 70.1 Å². The second-order valence-corrected chi connectivity index (χ2v) is 5.59. The second-order valence-electron chi connectivity index (χ2n) is 5.59. The molecule has 2 fully saturated rings. The third-order valence-corrected chi connectivity index (χ3v) is 4.04. The fraction of sp³-hybridized carbons (Fsp3) is 0.929. The van der Waals surface area contributed by atoms with Crippen molar-refractivity contribution in [3.8, 4) is 0 Å². The molecule has 4 nitrogen and oxygen atoms in total. The third kappa shape index (κ3) is 4.25. The maximum Gasteiger partial charge on any atom is 0.220 e. The third-order valence-electron chi connectivity index (χ3n) is 4.04. The van der Waals surface area contributed by atoms with Crippen LogP contribution in [0, 0.1) is 0 Å². The maximum atomic E-state index is 11.9. The first-order chi connectivity index (χ1) is 8.75. The van der Waals surface area contributed by atoms with Crippen LogP contribution in [-0.4, -0.2) is 37.2 Å². The summed E-state index contributed by atoms with van der Waals surface area (Å²) in [6, 6.07) is 0.696. The van der Waals surface area contributed by atoms with Gasteiger partial charge >= 0.3 is 0 Å². The predicted molar refractivity (Wildman–Crippen MR) is 71.5 cm³/mol. The molecule has 3 unspecified atom stereocenters. The Hall–Kier alpha value is -0.610. The van der Waals surface area contributed by atoms with Crippen LogP contribution in [0.3, 0.4) is 0 Å². The van der Waals surface area contributed by atoms with Crippen molar-refractivity contribution in [3.05, 3.63) is 0 Å². The zero-order chi connectivity index (χ0) is 12.8. The molecule has 2 heterocycles. The highest BCUT2D eigenvalue weighted by atomic mass is 16.5. The van der Waals surface area contributed by atoms with E-state index >= 15 is 0 Å². The van der Waals surface area contributed by atoms with E-state index in [0.29, 0.717) is 12.5 Å². The van der Waals surface area contributed by atoms with Gasteiger partial charge in [-0.15, -0.1) is 0 Å². The summed E-state index contributed by atoms with van der Waals surface area (Å²) in [6.07, 6.45) is 7.81. The number of amides is 1. The minimum atomic E-state index is 0.152. The van der Waals surface area contributed by atoms with Crippen LogP contribution in [0.2, 0.25) is 0 Å². The topological polar surface area (TPSA) is 50.4 Å². The number of rotatable bonds is 5. The molecule has 2 aliphatic rings. The SMILES string of the molecule is CC(NC(=O)CCC1CCCCN1)C1CCCO1. The van der Waals surface area contributed by atoms with Gasteiger partial charge in [0.1, 0.15) is 0 Å². The van der Waals surface area contributed by atoms with Crippen LogP contribution >= 0.6 is 0 Å². The Bertz CT molecular complexity index is 259. The number of piperidine rings is 1. The predicted octanol–water partition coefficient (Wildman–Crippen LogP) is 1.59. The van der Waals surface area contributed by atoms with Gasteiger partial charge in [0.15, 0.2) is 0 Å². The van der Waals surface area contributed by atoms with Gasteiger partial charge in [-0.2, -0.15) is 0 Å². The van der Waals surface area contributed by atoms with Crippen LogP contribution in [0.4, 0.5) is 0 Å². The summed E-state index contributed by atoms with van der Waals surface area (Å²) in [7, 11) is 0. The van der Waals surface area contributed by atoms with Crippen molar-refractivity contribution in [2.24, 2.45) is 0 Å². The lowest BCUT2D eigenvalue weighted by molar-refractivity contribution is -0.122. The first-order valence-electron chi connectivity index (χ1n) is 7.40. The highest BCUT2D eigenvalue weighted by Crippen LogP contribution is 2.16. The van der Waals surface area contributed by atoms with E-state index in [0.717, 1.165) is 32.4 Å². The smallest absolute Gasteiger partial charge is 0.220 e. The van der Waals surface area contributed by atoms with Crippen molar-refractivity contribution in [1.29, 1.82) is 0 Å². The van der Waals surface area contributed by atoms with Gasteiger partial charge in [-0.25, -0.2) is 0 Å². The standard InChI is InChI=1S/C14H26N2O2/c1-11(13-6-4-10-18-13)16-14(17)8-7-12-5-2-3-9-15-12/h11-13,15H,2-10H2,1H3,(H,16,17). The lowest BCUT2D eigenvalue weighted by atomic mass is 10.0. The van der Waals surface area contributed by atoms with E-state index in [4.69, 9.17) is 4.74 Å². The Morgan fingerprint density at radius 1 is 1.39 bits per heavy atom. The first-order valence-corrected chi connectivity index (χ1v) is 7.40. The van der Waals surface area contributed by atoms with E-state index in [9.17, 15) is 4.79 Å². The number of carbonyl (C=O) groups excluding carboxylic acids is 1. The average molecular weight is 254 g/mol. The highest BCUT2D eigenvalue weighted by Gasteiger charge is 2.23. The molecule has 0 bridgehead atoms. The Kier molecular flexibility index (Phi) is 5.45. The molecule has 2 aliphatic heterocycles. The van der Waals surface area contributed by atoms with Gasteiger partial charge < -0.3 is 15.4 Å². The average Bonchev–Trinajstić information content (AvgIpc) is 2.91. The summed E-state index contributed by atoms with van der Waals surface area (Å²) < 4.78 is 5.58. The lowest BCUT2D eigenvalue weighted by Gasteiger charge is -2.24. The molecule has 0 spiro atoms. The van der Waals surface area contributed by atoms with Gasteiger partial charge in [0, 0.05) is 19.1 Å². The van der Waals surface area contributed by atoms with E-state index in [1.54, 1.807) is 0 Å². The van der Waals surface area contributed by atoms with Crippen LogP contribution in [-0.2, 0) is 9.53 Å². The van der Waals surface area contributed by atoms with Gasteiger partial charge in [0.2, 0.25) is 5.91 Å². The van der Waals surface area contributed by atoms with Crippen LogP contribution in [0.1, 0.15) is 51.9 Å². The van der Waals surface area contributed by atoms with E-state index in [-0.39, 0.29) is 18.1 Å². The zero-order valence-electron chi connectivity index (χ0n) is 11.4. The largest absolute Gasteiger partial charge is 0.376 e. The fourth-order valence-electron chi connectivity index (χ4n) is 2.89. The summed E-state index contributed by atoms with van der Waals surface area (Å²) in [5.74, 6) is 0.172. The molecule has 104 valence electrons. The lowest BCUT2D eigenvalue weighted by Crippen LogP contribution is -2.41. The molecule has 4 heteroatoms. The molecular formula is C14H26N2O2. The van der Waals surface area contributed by atoms with Crippen LogP contribution < -0.4 is 10.6 Å². The van der Waals surface area contributed by atoms with E-state index in [2.05, 4.69) is 10.6 Å². The number of hydrogen-bond donors (Lipinski definition) is 2. The molecule has 2 saturated heterocycles. The summed E-state index contributed by atoms with van der Waals surface area (Å²) in [5, 5.41) is 6.55. The molecule has 3 atom stereocenters. The molecule has 0 saturated carbocycles. The number of carbonyl (C=O) groups is 1. The van der Waals surface area contributed by atoms with Crippen LogP contribution in [0.25, 0.3) is 0 Å². The maximum absolute atomic E-state index is 11.9. The first kappa shape index (κ1) is 13.8. The van der Waals surface area contributed by atoms with Crippen LogP contribution in [0.15, 0.2) is 0 Å². The number of hydrogen-bond acceptors (Lipinski definition) is 3. The molecule has 2 rings (SSSR count). The Morgan fingerprint density at radius 3 is 2.94 bits per heavy atom. The Morgan fingerprint density at radius 2 is 2.28 bits per heavy atom. The molecule has 1 amide bonds. The molecule has 2 N–H and O–H groups in total. The molecule has 0 aromatic heterocycles. The Labute approximate surface area is 110 Å². The van der Waals surface area contributed by atoms with Crippen molar-refractivity contribution >= 4 is 5.91 Å². The van der Waals surface area contributed by atoms with Crippen LogP contribution in [0.5, 0.6) is 0 Å². The van der Waals surface area contributed by atoms with E-state index < -0.39 is 0 Å². The Balaban J connectivity index is 1.61. The zero-order valence-corrected chi connectivity index (χ0v) is 11.4. The van der Waals surface area contributed by atoms with Gasteiger partial charge in [-0.05, 0) is 45.6 Å². The molecule has 0 aromatic rings. The summed E-state index contributed by atoms with van der Waals surface area (Å²) in [4.78, 5) is 11.9. The van der Waals surface area contributed by atoms with E-state index in [1.807, 2.05) is 6.92 Å². The normalized spacial score (nSPS) is 30.1. The van der Waals surface area contributed by atoms with Gasteiger partial charge in [0.25, 0.3) is 0 Å². The fourth-order valence-corrected chi connectivity index (χ4v) is 2.89. The summed E-state index contributed by atoms with van der Waals surface area (Å²) in [6.45, 7) is 4.00. The molecule has 18 heavy (non-hydrogen) atoms. The van der Waals surface area contributed by atoms with Crippen molar-refractivity contribution in [3.63, 3.8) is 0 Å². The number of nitrogens with one attached hydrogen (secondary N) is 2. The number of ether oxygens (including phenoxy) is 1. The van der Waals surface area contributed by atoms with Gasteiger partial charge in [-0.1, -0.05) is 6.42 Å². The molecular weight excluding hydrogens is 228 g/mol. The molecule has 0 aliphatic carbocycles. The highest BCUT2D eigenvalue weighted by molar-refractivity contribution is 5.76. The molecule has 0 radical (unpaired) electrons. The monoisotopic (exact) mass is 254 g/mol. The van der Waals surface area contributed by atoms with Crippen molar-refractivity contribution in [1.82, 2.24) is 10.6 Å². The summed E-state index contributed by atoms with van der Waals surface area (Å²) in [5.41, 5.74) is 0. The minimum absolute atomic E-state index is 0.152. The summed E-state index contributed by atoms with van der Waals surface area (Å²) >= 11 is 0. The quantitative estimate of drug-likeness (QED) is 0.783. The molecule has 0 aromatic carbocycles. The van der Waals surface area contributed by atoms with Gasteiger partial charge in [0.05, 0.1) is 12.1 Å². The minimum Gasteiger partial charge on any atom is -0.376 e. The van der Waals surface area contributed by atoms with E-state index in [1.165, 1.54) is 19.3 Å². The van der Waals surface area contributed by atoms with Crippen molar-refractivity contribution < 1.29 is 9.53 Å².